The SMILES string of the molecule is O=C(CN1C(=O)c2cccc([N+](=O)[O-])c2C1=O)NCCS(=O)(=O)N1CCc2ccccc21. The van der Waals surface area contributed by atoms with Gasteiger partial charge in [0.25, 0.3) is 17.5 Å². The molecule has 0 fully saturated rings. The molecule has 2 aromatic rings. The number of imide groups is 1. The van der Waals surface area contributed by atoms with Crippen LogP contribution in [0, 0.1) is 10.1 Å². The van der Waals surface area contributed by atoms with E-state index in [0.717, 1.165) is 11.6 Å². The average molecular weight is 458 g/mol. The first-order chi connectivity index (χ1) is 15.2. The van der Waals surface area contributed by atoms with E-state index in [1.54, 1.807) is 12.1 Å². The second-order valence-electron chi connectivity index (χ2n) is 7.27. The molecule has 2 aliphatic heterocycles. The van der Waals surface area contributed by atoms with E-state index >= 15 is 0 Å². The van der Waals surface area contributed by atoms with Gasteiger partial charge in [0.1, 0.15) is 12.1 Å². The maximum atomic E-state index is 12.7. The van der Waals surface area contributed by atoms with Gasteiger partial charge in [-0.05, 0) is 24.1 Å². The van der Waals surface area contributed by atoms with Crippen molar-refractivity contribution < 1.29 is 27.7 Å². The zero-order valence-corrected chi connectivity index (χ0v) is 17.5. The number of nitrogens with zero attached hydrogens (tertiary/aromatic N) is 3. The Kier molecular flexibility index (Phi) is 5.38. The minimum absolute atomic E-state index is 0.146. The lowest BCUT2D eigenvalue weighted by molar-refractivity contribution is -0.385. The Bertz CT molecular complexity index is 1260. The molecule has 0 aliphatic carbocycles. The molecule has 2 heterocycles. The predicted octanol–water partition coefficient (Wildman–Crippen LogP) is 0.700. The Morgan fingerprint density at radius 2 is 1.84 bits per heavy atom. The van der Waals surface area contributed by atoms with E-state index in [0.29, 0.717) is 23.6 Å². The van der Waals surface area contributed by atoms with Crippen molar-refractivity contribution in [2.45, 2.75) is 6.42 Å². The largest absolute Gasteiger partial charge is 0.353 e. The molecule has 0 radical (unpaired) electrons. The molecule has 0 saturated heterocycles. The standard InChI is InChI=1S/C20H18N4O7S/c25-17(12-22-19(26)14-5-3-7-16(24(28)29)18(14)20(22)27)21-9-11-32(30,31)23-10-8-13-4-1-2-6-15(13)23/h1-7H,8-12H2,(H,21,25). The molecule has 3 amide bonds. The van der Waals surface area contributed by atoms with Gasteiger partial charge in [-0.3, -0.25) is 33.7 Å². The first-order valence-electron chi connectivity index (χ1n) is 9.69. The highest BCUT2D eigenvalue weighted by atomic mass is 32.2. The molecule has 0 aromatic heterocycles. The van der Waals surface area contributed by atoms with E-state index < -0.39 is 44.9 Å². The van der Waals surface area contributed by atoms with Crippen LogP contribution in [0.4, 0.5) is 11.4 Å². The molecule has 0 spiro atoms. The Labute approximate surface area is 182 Å². The van der Waals surface area contributed by atoms with Crippen LogP contribution >= 0.6 is 0 Å². The first-order valence-corrected chi connectivity index (χ1v) is 11.3. The fourth-order valence-electron chi connectivity index (χ4n) is 3.84. The molecule has 0 unspecified atom stereocenters. The summed E-state index contributed by atoms with van der Waals surface area (Å²) in [6.07, 6.45) is 0.605. The average Bonchev–Trinajstić information content (AvgIpc) is 3.29. The zero-order chi connectivity index (χ0) is 23.0. The Morgan fingerprint density at radius 3 is 2.59 bits per heavy atom. The maximum Gasteiger partial charge on any atom is 0.282 e. The summed E-state index contributed by atoms with van der Waals surface area (Å²) in [6, 6.07) is 10.8. The molecule has 32 heavy (non-hydrogen) atoms. The van der Waals surface area contributed by atoms with Gasteiger partial charge in [0.05, 0.1) is 21.9 Å². The van der Waals surface area contributed by atoms with Crippen LogP contribution in [0.2, 0.25) is 0 Å². The molecule has 4 rings (SSSR count). The van der Waals surface area contributed by atoms with Crippen molar-refractivity contribution in [1.82, 2.24) is 10.2 Å². The quantitative estimate of drug-likeness (QED) is 0.365. The lowest BCUT2D eigenvalue weighted by atomic mass is 10.1. The number of sulfonamides is 1. The second-order valence-corrected chi connectivity index (χ2v) is 9.28. The third-order valence-electron chi connectivity index (χ3n) is 5.34. The Hall–Kier alpha value is -3.80. The second kappa shape index (κ2) is 8.04. The molecular formula is C20H18N4O7S. The van der Waals surface area contributed by atoms with Gasteiger partial charge in [0.15, 0.2) is 0 Å². The number of nitro groups is 1. The van der Waals surface area contributed by atoms with Gasteiger partial charge in [-0.2, -0.15) is 0 Å². The number of nitro benzene ring substituents is 1. The van der Waals surface area contributed by atoms with E-state index in [1.807, 2.05) is 12.1 Å². The summed E-state index contributed by atoms with van der Waals surface area (Å²) in [6.45, 7) is -0.567. The molecule has 11 nitrogen and oxygen atoms in total. The fourth-order valence-corrected chi connectivity index (χ4v) is 5.27. The van der Waals surface area contributed by atoms with E-state index in [4.69, 9.17) is 0 Å². The van der Waals surface area contributed by atoms with Crippen molar-refractivity contribution >= 4 is 39.1 Å². The number of para-hydroxylation sites is 1. The third-order valence-corrected chi connectivity index (χ3v) is 7.11. The summed E-state index contributed by atoms with van der Waals surface area (Å²) in [5.41, 5.74) is 0.532. The van der Waals surface area contributed by atoms with Crippen LogP contribution in [0.25, 0.3) is 0 Å². The molecule has 0 saturated carbocycles. The number of hydrogen-bond acceptors (Lipinski definition) is 7. The van der Waals surface area contributed by atoms with Crippen molar-refractivity contribution in [3.05, 3.63) is 69.3 Å². The van der Waals surface area contributed by atoms with Crippen molar-refractivity contribution in [1.29, 1.82) is 0 Å². The summed E-state index contributed by atoms with van der Waals surface area (Å²) in [5, 5.41) is 13.5. The highest BCUT2D eigenvalue weighted by molar-refractivity contribution is 7.92. The van der Waals surface area contributed by atoms with Gasteiger partial charge >= 0.3 is 0 Å². The molecular weight excluding hydrogens is 440 g/mol. The summed E-state index contributed by atoms with van der Waals surface area (Å²) in [7, 11) is -3.68. The van der Waals surface area contributed by atoms with Gasteiger partial charge in [-0.1, -0.05) is 24.3 Å². The molecule has 12 heteroatoms. The summed E-state index contributed by atoms with van der Waals surface area (Å²) in [4.78, 5) is 48.2. The van der Waals surface area contributed by atoms with Crippen LogP contribution in [0.5, 0.6) is 0 Å². The third kappa shape index (κ3) is 3.68. The Morgan fingerprint density at radius 1 is 1.09 bits per heavy atom. The lowest BCUT2D eigenvalue weighted by Crippen LogP contribution is -2.42. The lowest BCUT2D eigenvalue weighted by Gasteiger charge is -2.20. The molecule has 1 N–H and O–H groups in total. The minimum atomic E-state index is -3.68. The number of rotatable bonds is 7. The predicted molar refractivity (Wildman–Crippen MR) is 113 cm³/mol. The van der Waals surface area contributed by atoms with Crippen molar-refractivity contribution in [3.8, 4) is 0 Å². The van der Waals surface area contributed by atoms with E-state index in [1.165, 1.54) is 16.4 Å². The highest BCUT2D eigenvalue weighted by Crippen LogP contribution is 2.31. The molecule has 0 bridgehead atoms. The number of hydrogen-bond donors (Lipinski definition) is 1. The molecule has 2 aromatic carbocycles. The number of benzene rings is 2. The van der Waals surface area contributed by atoms with Crippen molar-refractivity contribution in [2.75, 3.05) is 29.7 Å². The van der Waals surface area contributed by atoms with Crippen LogP contribution < -0.4 is 9.62 Å². The van der Waals surface area contributed by atoms with Crippen LogP contribution in [0.1, 0.15) is 26.3 Å². The van der Waals surface area contributed by atoms with E-state index in [2.05, 4.69) is 5.32 Å². The minimum Gasteiger partial charge on any atom is -0.353 e. The van der Waals surface area contributed by atoms with Crippen molar-refractivity contribution in [2.24, 2.45) is 0 Å². The number of fused-ring (bicyclic) bond motifs is 2. The zero-order valence-electron chi connectivity index (χ0n) is 16.7. The number of nitrogens with one attached hydrogen (secondary N) is 1. The smallest absolute Gasteiger partial charge is 0.282 e. The number of carbonyl (C=O) groups is 3. The van der Waals surface area contributed by atoms with Gasteiger partial charge in [0, 0.05) is 19.2 Å². The first kappa shape index (κ1) is 21.4. The van der Waals surface area contributed by atoms with Crippen LogP contribution in [-0.2, 0) is 21.2 Å². The van der Waals surface area contributed by atoms with Crippen LogP contribution in [0.15, 0.2) is 42.5 Å². The highest BCUT2D eigenvalue weighted by Gasteiger charge is 2.41. The number of anilines is 1. The van der Waals surface area contributed by atoms with Gasteiger partial charge in [-0.15, -0.1) is 0 Å². The topological polar surface area (TPSA) is 147 Å². The van der Waals surface area contributed by atoms with E-state index in [-0.39, 0.29) is 23.4 Å². The summed E-state index contributed by atoms with van der Waals surface area (Å²) < 4.78 is 26.6. The summed E-state index contributed by atoms with van der Waals surface area (Å²) in [5.74, 6) is -2.86. The maximum absolute atomic E-state index is 12.7. The van der Waals surface area contributed by atoms with Gasteiger partial charge in [0.2, 0.25) is 15.9 Å². The van der Waals surface area contributed by atoms with Gasteiger partial charge in [-0.25, -0.2) is 8.42 Å². The number of amides is 3. The van der Waals surface area contributed by atoms with Crippen LogP contribution in [0.3, 0.4) is 0 Å². The molecule has 166 valence electrons. The van der Waals surface area contributed by atoms with E-state index in [9.17, 15) is 32.9 Å². The Balaban J connectivity index is 1.37. The van der Waals surface area contributed by atoms with Gasteiger partial charge < -0.3 is 5.32 Å². The fraction of sp³-hybridized carbons (Fsp3) is 0.250. The molecule has 0 atom stereocenters. The number of carbonyl (C=O) groups excluding carboxylic acids is 3. The van der Waals surface area contributed by atoms with Crippen molar-refractivity contribution in [3.63, 3.8) is 0 Å². The summed E-state index contributed by atoms with van der Waals surface area (Å²) >= 11 is 0. The molecule has 2 aliphatic rings. The normalized spacial score (nSPS) is 15.0. The van der Waals surface area contributed by atoms with Crippen LogP contribution in [-0.4, -0.2) is 61.3 Å². The monoisotopic (exact) mass is 458 g/mol.